The predicted octanol–water partition coefficient (Wildman–Crippen LogP) is 6.59. The van der Waals surface area contributed by atoms with Gasteiger partial charge in [0.05, 0.1) is 0 Å². The monoisotopic (exact) mass is 366 g/mol. The quantitative estimate of drug-likeness (QED) is 0.517. The van der Waals surface area contributed by atoms with Crippen molar-refractivity contribution < 1.29 is 0 Å². The molecule has 0 aliphatic carbocycles. The summed E-state index contributed by atoms with van der Waals surface area (Å²) in [6.07, 6.45) is 5.04. The maximum absolute atomic E-state index is 6.67. The molecule has 0 fully saturated rings. The van der Waals surface area contributed by atoms with Gasteiger partial charge in [-0.1, -0.05) is 65.8 Å². The molecule has 2 nitrogen and oxygen atoms in total. The molecule has 0 bridgehead atoms. The second kappa shape index (κ2) is 9.30. The first-order valence-electron chi connectivity index (χ1n) is 10.7. The van der Waals surface area contributed by atoms with Gasteiger partial charge in [-0.2, -0.15) is 0 Å². The number of aryl methyl sites for hydroxylation is 2. The molecular formula is C25H38N2. The lowest BCUT2D eigenvalue weighted by Crippen LogP contribution is -2.08. The Bertz CT molecular complexity index is 776. The summed E-state index contributed by atoms with van der Waals surface area (Å²) in [4.78, 5) is 0. The molecule has 0 spiro atoms. The van der Waals surface area contributed by atoms with Crippen molar-refractivity contribution in [1.82, 2.24) is 0 Å². The van der Waals surface area contributed by atoms with Crippen LogP contribution < -0.4 is 11.5 Å². The minimum absolute atomic E-state index is 0.471. The fourth-order valence-electron chi connectivity index (χ4n) is 3.76. The molecule has 0 amide bonds. The van der Waals surface area contributed by atoms with Gasteiger partial charge in [-0.25, -0.2) is 0 Å². The van der Waals surface area contributed by atoms with E-state index in [4.69, 9.17) is 11.5 Å². The van der Waals surface area contributed by atoms with E-state index >= 15 is 0 Å². The average Bonchev–Trinajstić information content (AvgIpc) is 2.69. The van der Waals surface area contributed by atoms with Gasteiger partial charge in [-0.3, -0.25) is 0 Å². The van der Waals surface area contributed by atoms with Crippen molar-refractivity contribution in [3.05, 3.63) is 57.6 Å². The van der Waals surface area contributed by atoms with Crippen molar-refractivity contribution in [2.75, 3.05) is 11.5 Å². The maximum Gasteiger partial charge on any atom is 0.0385 e. The minimum Gasteiger partial charge on any atom is -0.398 e. The summed E-state index contributed by atoms with van der Waals surface area (Å²) >= 11 is 0. The van der Waals surface area contributed by atoms with E-state index in [1.54, 1.807) is 0 Å². The van der Waals surface area contributed by atoms with E-state index in [0.717, 1.165) is 43.5 Å². The molecule has 148 valence electrons. The van der Waals surface area contributed by atoms with Crippen LogP contribution in [0.25, 0.3) is 0 Å². The highest BCUT2D eigenvalue weighted by atomic mass is 14.6. The lowest BCUT2D eigenvalue weighted by atomic mass is 9.86. The van der Waals surface area contributed by atoms with Crippen LogP contribution in [0.1, 0.15) is 99.6 Å². The normalized spacial score (nSPS) is 13.6. The van der Waals surface area contributed by atoms with Gasteiger partial charge in [0, 0.05) is 17.8 Å². The van der Waals surface area contributed by atoms with Gasteiger partial charge in [0.15, 0.2) is 0 Å². The Morgan fingerprint density at radius 2 is 1.30 bits per heavy atom. The average molecular weight is 367 g/mol. The second-order valence-corrected chi connectivity index (χ2v) is 8.01. The first kappa shape index (κ1) is 21.3. The van der Waals surface area contributed by atoms with Crippen molar-refractivity contribution >= 4 is 11.4 Å². The molecule has 0 aliphatic rings. The number of nitrogens with two attached hydrogens (primary N) is 2. The van der Waals surface area contributed by atoms with Gasteiger partial charge in [0.25, 0.3) is 0 Å². The summed E-state index contributed by atoms with van der Waals surface area (Å²) in [6, 6.07) is 9.18. The molecule has 0 saturated heterocycles. The summed E-state index contributed by atoms with van der Waals surface area (Å²) < 4.78 is 0. The van der Waals surface area contributed by atoms with Crippen molar-refractivity contribution in [2.24, 2.45) is 0 Å². The molecule has 2 aromatic carbocycles. The van der Waals surface area contributed by atoms with Crippen LogP contribution in [0.2, 0.25) is 0 Å². The van der Waals surface area contributed by atoms with Gasteiger partial charge >= 0.3 is 0 Å². The molecule has 4 N–H and O–H groups in total. The zero-order chi connectivity index (χ0) is 20.1. The van der Waals surface area contributed by atoms with E-state index in [2.05, 4.69) is 65.8 Å². The van der Waals surface area contributed by atoms with Gasteiger partial charge in [0.2, 0.25) is 0 Å². The topological polar surface area (TPSA) is 52.0 Å². The lowest BCUT2D eigenvalue weighted by Gasteiger charge is -2.21. The summed E-state index contributed by atoms with van der Waals surface area (Å²) in [7, 11) is 0. The fourth-order valence-corrected chi connectivity index (χ4v) is 3.76. The van der Waals surface area contributed by atoms with E-state index in [1.807, 2.05) is 0 Å². The Morgan fingerprint density at radius 3 is 1.85 bits per heavy atom. The zero-order valence-corrected chi connectivity index (χ0v) is 18.2. The molecule has 2 unspecified atom stereocenters. The summed E-state index contributed by atoms with van der Waals surface area (Å²) in [5, 5.41) is 0. The molecule has 0 heterocycles. The lowest BCUT2D eigenvalue weighted by molar-refractivity contribution is 0.711. The number of nitrogen functional groups attached to an aromatic ring is 2. The van der Waals surface area contributed by atoms with Crippen LogP contribution in [0.15, 0.2) is 24.3 Å². The van der Waals surface area contributed by atoms with Crippen LogP contribution >= 0.6 is 0 Å². The van der Waals surface area contributed by atoms with E-state index in [1.165, 1.54) is 33.4 Å². The second-order valence-electron chi connectivity index (χ2n) is 8.01. The Morgan fingerprint density at radius 1 is 0.704 bits per heavy atom. The van der Waals surface area contributed by atoms with Crippen LogP contribution in [0.4, 0.5) is 11.4 Å². The molecule has 2 atom stereocenters. The van der Waals surface area contributed by atoms with Gasteiger partial charge < -0.3 is 11.5 Å². The highest BCUT2D eigenvalue weighted by Gasteiger charge is 2.17. The third kappa shape index (κ3) is 4.66. The highest BCUT2D eigenvalue weighted by molar-refractivity contribution is 5.63. The van der Waals surface area contributed by atoms with Gasteiger partial charge in [-0.05, 0) is 70.9 Å². The predicted molar refractivity (Wildman–Crippen MR) is 121 cm³/mol. The molecule has 0 aromatic heterocycles. The summed E-state index contributed by atoms with van der Waals surface area (Å²) in [5.41, 5.74) is 22.8. The van der Waals surface area contributed by atoms with Gasteiger partial charge in [0.1, 0.15) is 0 Å². The standard InChI is InChI=1S/C25H38N2/c1-7-16(5)20-13-22(25(27)23(15-20)17(6)8-2)14-21-12-18(9-3)11-19(10-4)24(21)26/h11-13,15-17H,7-10,14,26-27H2,1-6H3. The smallest absolute Gasteiger partial charge is 0.0385 e. The largest absolute Gasteiger partial charge is 0.398 e. The Hall–Kier alpha value is -1.96. The highest BCUT2D eigenvalue weighted by Crippen LogP contribution is 2.35. The molecule has 0 aliphatic heterocycles. The van der Waals surface area contributed by atoms with E-state index < -0.39 is 0 Å². The molecule has 27 heavy (non-hydrogen) atoms. The van der Waals surface area contributed by atoms with Crippen LogP contribution in [-0.4, -0.2) is 0 Å². The van der Waals surface area contributed by atoms with Crippen molar-refractivity contribution in [3.63, 3.8) is 0 Å². The Kier molecular flexibility index (Phi) is 7.35. The van der Waals surface area contributed by atoms with Crippen molar-refractivity contribution in [3.8, 4) is 0 Å². The van der Waals surface area contributed by atoms with Crippen LogP contribution in [-0.2, 0) is 19.3 Å². The molecular weight excluding hydrogens is 328 g/mol. The summed E-state index contributed by atoms with van der Waals surface area (Å²) in [5.74, 6) is 1.01. The van der Waals surface area contributed by atoms with Crippen LogP contribution in [0.5, 0.6) is 0 Å². The first-order valence-corrected chi connectivity index (χ1v) is 10.7. The first-order chi connectivity index (χ1) is 12.9. The van der Waals surface area contributed by atoms with Gasteiger partial charge in [-0.15, -0.1) is 0 Å². The van der Waals surface area contributed by atoms with Crippen molar-refractivity contribution in [2.45, 2.75) is 85.5 Å². The number of anilines is 2. The number of hydrogen-bond donors (Lipinski definition) is 2. The third-order valence-electron chi connectivity index (χ3n) is 6.23. The maximum atomic E-state index is 6.67. The zero-order valence-electron chi connectivity index (χ0n) is 18.2. The minimum atomic E-state index is 0.471. The van der Waals surface area contributed by atoms with E-state index in [-0.39, 0.29) is 0 Å². The number of hydrogen-bond acceptors (Lipinski definition) is 2. The summed E-state index contributed by atoms with van der Waals surface area (Å²) in [6.45, 7) is 13.4. The van der Waals surface area contributed by atoms with Crippen molar-refractivity contribution in [1.29, 1.82) is 0 Å². The SMILES string of the molecule is CCc1cc(CC)c(N)c(Cc2cc(C(C)CC)cc(C(C)CC)c2N)c1. The number of rotatable bonds is 8. The molecule has 2 rings (SSSR count). The fraction of sp³-hybridized carbons (Fsp3) is 0.520. The molecule has 0 radical (unpaired) electrons. The van der Waals surface area contributed by atoms with E-state index in [9.17, 15) is 0 Å². The Labute approximate surface area is 166 Å². The number of benzene rings is 2. The van der Waals surface area contributed by atoms with Crippen LogP contribution in [0, 0.1) is 0 Å². The molecule has 0 saturated carbocycles. The Balaban J connectivity index is 2.58. The third-order valence-corrected chi connectivity index (χ3v) is 6.23. The van der Waals surface area contributed by atoms with Crippen LogP contribution in [0.3, 0.4) is 0 Å². The molecule has 2 aromatic rings. The molecule has 2 heteroatoms. The van der Waals surface area contributed by atoms with E-state index in [0.29, 0.717) is 11.8 Å².